The minimum atomic E-state index is 0.931. The summed E-state index contributed by atoms with van der Waals surface area (Å²) in [4.78, 5) is 2.48. The van der Waals surface area contributed by atoms with Gasteiger partial charge in [-0.3, -0.25) is 0 Å². The van der Waals surface area contributed by atoms with Crippen molar-refractivity contribution in [1.29, 1.82) is 0 Å². The molecule has 1 nitrogen and oxygen atoms in total. The van der Waals surface area contributed by atoms with E-state index in [4.69, 9.17) is 0 Å². The number of benzene rings is 5. The zero-order valence-electron chi connectivity index (χ0n) is 15.9. The molecule has 0 atom stereocenters. The quantitative estimate of drug-likeness (QED) is 0.318. The zero-order valence-corrected chi connectivity index (χ0v) is 15.9. The average Bonchev–Trinajstić information content (AvgIpc) is 2.72. The van der Waals surface area contributed by atoms with Crippen molar-refractivity contribution in [2.24, 2.45) is 0 Å². The third-order valence-corrected chi connectivity index (χ3v) is 5.72. The first-order valence-corrected chi connectivity index (χ1v) is 9.71. The van der Waals surface area contributed by atoms with Crippen molar-refractivity contribution in [1.82, 2.24) is 0 Å². The van der Waals surface area contributed by atoms with E-state index in [1.54, 1.807) is 0 Å². The molecule has 0 aliphatic rings. The molecule has 0 saturated heterocycles. The Morgan fingerprint density at radius 3 is 2.00 bits per heavy atom. The van der Waals surface area contributed by atoms with Crippen molar-refractivity contribution >= 4 is 38.0 Å². The maximum absolute atomic E-state index is 2.48. The molecule has 0 heterocycles. The predicted molar refractivity (Wildman–Crippen MR) is 118 cm³/mol. The molecule has 5 aromatic carbocycles. The number of aryl methyl sites for hydroxylation is 1. The minimum absolute atomic E-state index is 0.931. The van der Waals surface area contributed by atoms with Crippen molar-refractivity contribution in [2.45, 2.75) is 20.4 Å². The van der Waals surface area contributed by atoms with E-state index in [-0.39, 0.29) is 0 Å². The molecule has 0 spiro atoms. The Morgan fingerprint density at radius 2 is 1.30 bits per heavy atom. The fourth-order valence-electron chi connectivity index (χ4n) is 4.28. The van der Waals surface area contributed by atoms with Gasteiger partial charge in [0.25, 0.3) is 0 Å². The van der Waals surface area contributed by atoms with Crippen LogP contribution >= 0.6 is 0 Å². The lowest BCUT2D eigenvalue weighted by atomic mass is 9.93. The van der Waals surface area contributed by atoms with E-state index in [2.05, 4.69) is 97.6 Å². The molecule has 0 bridgehead atoms. The molecule has 0 saturated carbocycles. The van der Waals surface area contributed by atoms with Gasteiger partial charge in [0, 0.05) is 24.2 Å². The van der Waals surface area contributed by atoms with E-state index in [0.717, 1.165) is 13.1 Å². The highest BCUT2D eigenvalue weighted by molar-refractivity contribution is 6.25. The van der Waals surface area contributed by atoms with Gasteiger partial charge in [0.2, 0.25) is 0 Å². The molecule has 27 heavy (non-hydrogen) atoms. The molecule has 0 fully saturated rings. The lowest BCUT2D eigenvalue weighted by Crippen LogP contribution is -2.22. The molecule has 0 aliphatic heterocycles. The van der Waals surface area contributed by atoms with E-state index >= 15 is 0 Å². The Morgan fingerprint density at radius 1 is 0.667 bits per heavy atom. The summed E-state index contributed by atoms with van der Waals surface area (Å²) in [5.41, 5.74) is 3.99. The molecule has 0 radical (unpaired) electrons. The molecule has 0 N–H and O–H groups in total. The molecule has 5 rings (SSSR count). The van der Waals surface area contributed by atoms with Crippen LogP contribution in [0, 0.1) is 6.92 Å². The van der Waals surface area contributed by atoms with Crippen molar-refractivity contribution in [3.63, 3.8) is 0 Å². The Balaban J connectivity index is 1.70. The second-order valence-corrected chi connectivity index (χ2v) is 7.44. The smallest absolute Gasteiger partial charge is 0.0449 e. The lowest BCUT2D eigenvalue weighted by molar-refractivity contribution is 0.836. The van der Waals surface area contributed by atoms with E-state index in [1.807, 2.05) is 0 Å². The molecule has 5 aromatic rings. The number of anilines is 1. The molecular formula is C26H23N. The Bertz CT molecular complexity index is 1220. The average molecular weight is 349 g/mol. The van der Waals surface area contributed by atoms with Crippen LogP contribution in [0.5, 0.6) is 0 Å². The SMILES string of the molecule is CCN(Cc1ccc(C)cc1)c1ccc2ccc3cccc4ccc1c2c34. The summed E-state index contributed by atoms with van der Waals surface area (Å²) in [6.07, 6.45) is 0. The van der Waals surface area contributed by atoms with Gasteiger partial charge >= 0.3 is 0 Å². The van der Waals surface area contributed by atoms with E-state index in [9.17, 15) is 0 Å². The summed E-state index contributed by atoms with van der Waals surface area (Å²) < 4.78 is 0. The summed E-state index contributed by atoms with van der Waals surface area (Å²) in [5, 5.41) is 8.11. The van der Waals surface area contributed by atoms with Gasteiger partial charge in [0.05, 0.1) is 0 Å². The van der Waals surface area contributed by atoms with Gasteiger partial charge in [0.1, 0.15) is 0 Å². The standard InChI is InChI=1S/C26H23N/c1-3-27(17-19-9-7-18(2)8-10-19)24-16-14-22-12-11-20-5-4-6-21-13-15-23(24)26(22)25(20)21/h4-16H,3,17H2,1-2H3. The number of nitrogens with zero attached hydrogens (tertiary/aromatic N) is 1. The van der Waals surface area contributed by atoms with Crippen LogP contribution in [-0.2, 0) is 6.54 Å². The molecule has 132 valence electrons. The van der Waals surface area contributed by atoms with Crippen LogP contribution < -0.4 is 4.90 Å². The van der Waals surface area contributed by atoms with Crippen LogP contribution in [0.25, 0.3) is 32.3 Å². The van der Waals surface area contributed by atoms with Crippen LogP contribution in [0.1, 0.15) is 18.1 Å². The summed E-state index contributed by atoms with van der Waals surface area (Å²) in [6.45, 7) is 6.30. The van der Waals surface area contributed by atoms with Gasteiger partial charge in [0.15, 0.2) is 0 Å². The lowest BCUT2D eigenvalue weighted by Gasteiger charge is -2.26. The van der Waals surface area contributed by atoms with Gasteiger partial charge < -0.3 is 4.90 Å². The first kappa shape index (κ1) is 16.1. The third kappa shape index (κ3) is 2.62. The van der Waals surface area contributed by atoms with Gasteiger partial charge in [-0.15, -0.1) is 0 Å². The molecule has 1 heteroatoms. The normalized spacial score (nSPS) is 11.6. The van der Waals surface area contributed by atoms with Crippen LogP contribution in [-0.4, -0.2) is 6.54 Å². The highest BCUT2D eigenvalue weighted by atomic mass is 15.1. The molecule has 0 aliphatic carbocycles. The summed E-state index contributed by atoms with van der Waals surface area (Å²) in [7, 11) is 0. The maximum Gasteiger partial charge on any atom is 0.0449 e. The van der Waals surface area contributed by atoms with Gasteiger partial charge in [-0.05, 0) is 52.4 Å². The molecular weight excluding hydrogens is 326 g/mol. The largest absolute Gasteiger partial charge is 0.367 e. The molecule has 0 unspecified atom stereocenters. The van der Waals surface area contributed by atoms with Gasteiger partial charge in [-0.2, -0.15) is 0 Å². The summed E-state index contributed by atoms with van der Waals surface area (Å²) >= 11 is 0. The zero-order chi connectivity index (χ0) is 18.4. The monoisotopic (exact) mass is 349 g/mol. The fraction of sp³-hybridized carbons (Fsp3) is 0.154. The van der Waals surface area contributed by atoms with Gasteiger partial charge in [-0.25, -0.2) is 0 Å². The number of hydrogen-bond donors (Lipinski definition) is 0. The van der Waals surface area contributed by atoms with Crippen molar-refractivity contribution in [3.05, 3.63) is 90.0 Å². The minimum Gasteiger partial charge on any atom is -0.367 e. The molecule has 0 aromatic heterocycles. The topological polar surface area (TPSA) is 3.24 Å². The summed E-state index contributed by atoms with van der Waals surface area (Å²) in [6, 6.07) is 29.1. The Hall–Kier alpha value is -3.06. The van der Waals surface area contributed by atoms with E-state index in [0.29, 0.717) is 0 Å². The second-order valence-electron chi connectivity index (χ2n) is 7.44. The van der Waals surface area contributed by atoms with Crippen LogP contribution in [0.3, 0.4) is 0 Å². The maximum atomic E-state index is 2.48. The van der Waals surface area contributed by atoms with E-state index < -0.39 is 0 Å². The summed E-state index contributed by atoms with van der Waals surface area (Å²) in [5.74, 6) is 0. The second kappa shape index (κ2) is 6.28. The first-order chi connectivity index (χ1) is 13.2. The fourth-order valence-corrected chi connectivity index (χ4v) is 4.28. The van der Waals surface area contributed by atoms with Crippen LogP contribution in [0.15, 0.2) is 78.9 Å². The van der Waals surface area contributed by atoms with Crippen molar-refractivity contribution in [3.8, 4) is 0 Å². The number of hydrogen-bond acceptors (Lipinski definition) is 1. The van der Waals surface area contributed by atoms with Crippen molar-refractivity contribution in [2.75, 3.05) is 11.4 Å². The van der Waals surface area contributed by atoms with Gasteiger partial charge in [-0.1, -0.05) is 78.4 Å². The molecule has 0 amide bonds. The highest BCUT2D eigenvalue weighted by Crippen LogP contribution is 2.39. The third-order valence-electron chi connectivity index (χ3n) is 5.72. The van der Waals surface area contributed by atoms with Crippen LogP contribution in [0.2, 0.25) is 0 Å². The first-order valence-electron chi connectivity index (χ1n) is 9.71. The highest BCUT2D eigenvalue weighted by Gasteiger charge is 2.14. The predicted octanol–water partition coefficient (Wildman–Crippen LogP) is 6.92. The van der Waals surface area contributed by atoms with Crippen LogP contribution in [0.4, 0.5) is 5.69 Å². The Kier molecular flexibility index (Phi) is 3.75. The van der Waals surface area contributed by atoms with E-state index in [1.165, 1.54) is 49.1 Å². The number of rotatable bonds is 4. The van der Waals surface area contributed by atoms with Crippen molar-refractivity contribution < 1.29 is 0 Å². The Labute approximate surface area is 160 Å².